The summed E-state index contributed by atoms with van der Waals surface area (Å²) < 4.78 is 0. The first-order chi connectivity index (χ1) is 14.1. The third-order valence-corrected chi connectivity index (χ3v) is 6.02. The van der Waals surface area contributed by atoms with Gasteiger partial charge in [-0.3, -0.25) is 24.1 Å². The number of rotatable bonds is 4. The Morgan fingerprint density at radius 1 is 0.900 bits per heavy atom. The van der Waals surface area contributed by atoms with Crippen LogP contribution in [-0.2, 0) is 4.79 Å². The van der Waals surface area contributed by atoms with Crippen LogP contribution in [0.1, 0.15) is 78.5 Å². The second kappa shape index (κ2) is 8.20. The molecule has 2 aliphatic heterocycles. The molecule has 1 saturated heterocycles. The van der Waals surface area contributed by atoms with Crippen LogP contribution in [0.25, 0.3) is 0 Å². The van der Waals surface area contributed by atoms with Gasteiger partial charge in [0.05, 0.1) is 11.1 Å². The summed E-state index contributed by atoms with van der Waals surface area (Å²) in [6.45, 7) is 11.4. The predicted molar refractivity (Wildman–Crippen MR) is 113 cm³/mol. The summed E-state index contributed by atoms with van der Waals surface area (Å²) in [4.78, 5) is 55.8. The number of hydrogen-bond acceptors (Lipinski definition) is 4. The fraction of sp³-hybridized carbons (Fsp3) is 0.565. The second-order valence-corrected chi connectivity index (χ2v) is 9.01. The molecule has 162 valence electrons. The van der Waals surface area contributed by atoms with E-state index in [1.165, 1.54) is 11.0 Å². The average molecular weight is 414 g/mol. The van der Waals surface area contributed by atoms with E-state index in [4.69, 9.17) is 0 Å². The highest BCUT2D eigenvalue weighted by molar-refractivity contribution is 6.22. The minimum Gasteiger partial charge on any atom is -0.339 e. The van der Waals surface area contributed by atoms with Crippen molar-refractivity contribution in [3.05, 3.63) is 34.9 Å². The average Bonchev–Trinajstić information content (AvgIpc) is 2.98. The van der Waals surface area contributed by atoms with Crippen LogP contribution in [-0.4, -0.2) is 70.0 Å². The first kappa shape index (κ1) is 22.0. The van der Waals surface area contributed by atoms with Gasteiger partial charge in [0.2, 0.25) is 5.91 Å². The van der Waals surface area contributed by atoms with Crippen molar-refractivity contribution in [1.29, 1.82) is 0 Å². The third-order valence-electron chi connectivity index (χ3n) is 6.02. The second-order valence-electron chi connectivity index (χ2n) is 9.01. The van der Waals surface area contributed by atoms with E-state index in [9.17, 15) is 19.2 Å². The summed E-state index contributed by atoms with van der Waals surface area (Å²) >= 11 is 0. The number of hydrogen-bond donors (Lipinski definition) is 0. The zero-order chi connectivity index (χ0) is 22.2. The molecule has 1 fully saturated rings. The first-order valence-corrected chi connectivity index (χ1v) is 10.7. The molecule has 0 N–H and O–H groups in total. The lowest BCUT2D eigenvalue weighted by Crippen LogP contribution is -2.51. The van der Waals surface area contributed by atoms with Gasteiger partial charge in [-0.05, 0) is 51.8 Å². The molecule has 1 aromatic carbocycles. The summed E-state index contributed by atoms with van der Waals surface area (Å²) in [7, 11) is 0. The van der Waals surface area contributed by atoms with E-state index in [2.05, 4.69) is 0 Å². The standard InChI is InChI=1S/C23H31N3O4/c1-6-15(7-2)19(27)24-10-12-25(13-11-24)20(28)16-8-9-17-18(14-16)22(30)26(21(17)29)23(3,4)5/h8-9,14-15H,6-7,10-13H2,1-5H3. The van der Waals surface area contributed by atoms with Crippen LogP contribution in [0, 0.1) is 5.92 Å². The van der Waals surface area contributed by atoms with Gasteiger partial charge in [-0.25, -0.2) is 0 Å². The van der Waals surface area contributed by atoms with Crippen LogP contribution in [0.2, 0.25) is 0 Å². The summed E-state index contributed by atoms with van der Waals surface area (Å²) in [5, 5.41) is 0. The summed E-state index contributed by atoms with van der Waals surface area (Å²) in [5.74, 6) is -0.663. The van der Waals surface area contributed by atoms with Crippen molar-refractivity contribution in [2.75, 3.05) is 26.2 Å². The number of carbonyl (C=O) groups excluding carboxylic acids is 4. The Hall–Kier alpha value is -2.70. The summed E-state index contributed by atoms with van der Waals surface area (Å²) in [6, 6.07) is 4.72. The predicted octanol–water partition coefficient (Wildman–Crippen LogP) is 2.80. The van der Waals surface area contributed by atoms with E-state index >= 15 is 0 Å². The number of amides is 4. The van der Waals surface area contributed by atoms with E-state index in [1.807, 2.05) is 39.5 Å². The van der Waals surface area contributed by atoms with Gasteiger partial charge in [-0.15, -0.1) is 0 Å². The molecule has 0 radical (unpaired) electrons. The molecular weight excluding hydrogens is 382 g/mol. The smallest absolute Gasteiger partial charge is 0.262 e. The van der Waals surface area contributed by atoms with E-state index in [1.54, 1.807) is 17.0 Å². The van der Waals surface area contributed by atoms with Crippen LogP contribution in [0.5, 0.6) is 0 Å². The Morgan fingerprint density at radius 2 is 1.43 bits per heavy atom. The van der Waals surface area contributed by atoms with Gasteiger partial charge in [-0.1, -0.05) is 13.8 Å². The number of benzene rings is 1. The van der Waals surface area contributed by atoms with Gasteiger partial charge in [0.25, 0.3) is 17.7 Å². The van der Waals surface area contributed by atoms with Crippen molar-refractivity contribution in [2.24, 2.45) is 5.92 Å². The molecule has 2 heterocycles. The molecule has 0 aliphatic carbocycles. The van der Waals surface area contributed by atoms with E-state index in [0.29, 0.717) is 37.3 Å². The van der Waals surface area contributed by atoms with Crippen LogP contribution < -0.4 is 0 Å². The van der Waals surface area contributed by atoms with Gasteiger partial charge in [-0.2, -0.15) is 0 Å². The SMILES string of the molecule is CCC(CC)C(=O)N1CCN(C(=O)c2ccc3c(c2)C(=O)N(C(C)(C)C)C3=O)CC1. The number of piperazine rings is 1. The Labute approximate surface area is 178 Å². The van der Waals surface area contributed by atoms with Gasteiger partial charge in [0.1, 0.15) is 0 Å². The van der Waals surface area contributed by atoms with Crippen LogP contribution >= 0.6 is 0 Å². The fourth-order valence-electron chi connectivity index (χ4n) is 4.19. The number of nitrogens with zero attached hydrogens (tertiary/aromatic N) is 3. The lowest BCUT2D eigenvalue weighted by molar-refractivity contribution is -0.137. The highest BCUT2D eigenvalue weighted by Crippen LogP contribution is 2.30. The monoisotopic (exact) mass is 413 g/mol. The summed E-state index contributed by atoms with van der Waals surface area (Å²) in [6.07, 6.45) is 1.64. The first-order valence-electron chi connectivity index (χ1n) is 10.7. The molecule has 0 atom stereocenters. The van der Waals surface area contributed by atoms with Crippen LogP contribution in [0.3, 0.4) is 0 Å². The lowest BCUT2D eigenvalue weighted by atomic mass is 10.0. The molecule has 0 aromatic heterocycles. The van der Waals surface area contributed by atoms with Crippen molar-refractivity contribution < 1.29 is 19.2 Å². The molecular formula is C23H31N3O4. The number of carbonyl (C=O) groups is 4. The Morgan fingerprint density at radius 3 is 1.97 bits per heavy atom. The van der Waals surface area contributed by atoms with E-state index in [-0.39, 0.29) is 35.1 Å². The maximum absolute atomic E-state index is 13.0. The normalized spacial score (nSPS) is 17.1. The highest BCUT2D eigenvalue weighted by atomic mass is 16.2. The largest absolute Gasteiger partial charge is 0.339 e. The fourth-order valence-corrected chi connectivity index (χ4v) is 4.19. The van der Waals surface area contributed by atoms with Gasteiger partial charge < -0.3 is 9.80 Å². The topological polar surface area (TPSA) is 78.0 Å². The zero-order valence-electron chi connectivity index (χ0n) is 18.5. The Bertz CT molecular complexity index is 875. The van der Waals surface area contributed by atoms with Gasteiger partial charge in [0, 0.05) is 43.2 Å². The lowest BCUT2D eigenvalue weighted by Gasteiger charge is -2.36. The summed E-state index contributed by atoms with van der Waals surface area (Å²) in [5.41, 5.74) is 0.385. The Kier molecular flexibility index (Phi) is 6.01. The maximum atomic E-state index is 13.0. The third kappa shape index (κ3) is 3.85. The minimum absolute atomic E-state index is 0.0401. The highest BCUT2D eigenvalue weighted by Gasteiger charge is 2.42. The molecule has 0 bridgehead atoms. The molecule has 0 spiro atoms. The maximum Gasteiger partial charge on any atom is 0.262 e. The molecule has 1 aromatic rings. The number of fused-ring (bicyclic) bond motifs is 1. The van der Waals surface area contributed by atoms with Crippen molar-refractivity contribution in [3.63, 3.8) is 0 Å². The van der Waals surface area contributed by atoms with Crippen LogP contribution in [0.15, 0.2) is 18.2 Å². The van der Waals surface area contributed by atoms with Gasteiger partial charge in [0.15, 0.2) is 0 Å². The molecule has 30 heavy (non-hydrogen) atoms. The molecule has 0 saturated carbocycles. The van der Waals surface area contributed by atoms with Crippen molar-refractivity contribution in [2.45, 2.75) is 53.0 Å². The minimum atomic E-state index is -0.630. The van der Waals surface area contributed by atoms with Gasteiger partial charge >= 0.3 is 0 Å². The Balaban J connectivity index is 1.72. The molecule has 3 rings (SSSR count). The molecule has 7 nitrogen and oxygen atoms in total. The molecule has 4 amide bonds. The van der Waals surface area contributed by atoms with Crippen molar-refractivity contribution in [3.8, 4) is 0 Å². The molecule has 0 unspecified atom stereocenters. The molecule has 2 aliphatic rings. The van der Waals surface area contributed by atoms with Crippen molar-refractivity contribution in [1.82, 2.24) is 14.7 Å². The quantitative estimate of drug-likeness (QED) is 0.711. The van der Waals surface area contributed by atoms with Crippen LogP contribution in [0.4, 0.5) is 0 Å². The molecule has 7 heteroatoms. The van der Waals surface area contributed by atoms with Crippen molar-refractivity contribution >= 4 is 23.6 Å². The van der Waals surface area contributed by atoms with E-state index in [0.717, 1.165) is 12.8 Å². The zero-order valence-corrected chi connectivity index (χ0v) is 18.5. The number of imide groups is 1. The van der Waals surface area contributed by atoms with E-state index < -0.39 is 5.54 Å².